The highest BCUT2D eigenvalue weighted by molar-refractivity contribution is 5.07. The molecule has 0 aliphatic carbocycles. The molecule has 0 aliphatic heterocycles. The molecule has 0 spiro atoms. The normalized spacial score (nSPS) is 12.9. The zero-order valence-electron chi connectivity index (χ0n) is 6.50. The van der Waals surface area contributed by atoms with Crippen LogP contribution in [0.5, 0.6) is 0 Å². The summed E-state index contributed by atoms with van der Waals surface area (Å²) in [5, 5.41) is 0. The van der Waals surface area contributed by atoms with Gasteiger partial charge in [0.15, 0.2) is 0 Å². The van der Waals surface area contributed by atoms with Crippen LogP contribution in [0, 0.1) is 5.82 Å². The van der Waals surface area contributed by atoms with Gasteiger partial charge in [-0.05, 0) is 25.1 Å². The Morgan fingerprint density at radius 3 is 2.75 bits per heavy atom. The van der Waals surface area contributed by atoms with Gasteiger partial charge < -0.3 is 5.73 Å². The molecule has 0 saturated heterocycles. The van der Waals surface area contributed by atoms with Gasteiger partial charge in [-0.3, -0.25) is 4.98 Å². The van der Waals surface area contributed by atoms with Crippen LogP contribution < -0.4 is 5.73 Å². The Balaban J connectivity index is 2.68. The van der Waals surface area contributed by atoms with Crippen molar-refractivity contribution < 1.29 is 8.78 Å². The lowest BCUT2D eigenvalue weighted by Gasteiger charge is -2.04. The molecule has 0 saturated carbocycles. The Labute approximate surface area is 69.4 Å². The van der Waals surface area contributed by atoms with Crippen molar-refractivity contribution in [2.24, 2.45) is 5.73 Å². The SMILES string of the molecule is NCCC(F)c1ccc(F)cn1. The van der Waals surface area contributed by atoms with Gasteiger partial charge >= 0.3 is 0 Å². The van der Waals surface area contributed by atoms with Gasteiger partial charge in [0.25, 0.3) is 0 Å². The smallest absolute Gasteiger partial charge is 0.143 e. The molecule has 2 nitrogen and oxygen atoms in total. The van der Waals surface area contributed by atoms with Crippen molar-refractivity contribution in [1.82, 2.24) is 4.98 Å². The third kappa shape index (κ3) is 2.23. The molecule has 12 heavy (non-hydrogen) atoms. The fraction of sp³-hybridized carbons (Fsp3) is 0.375. The summed E-state index contributed by atoms with van der Waals surface area (Å²) in [4.78, 5) is 3.59. The van der Waals surface area contributed by atoms with Crippen LogP contribution in [-0.4, -0.2) is 11.5 Å². The average Bonchev–Trinajstić information content (AvgIpc) is 2.06. The van der Waals surface area contributed by atoms with Crippen molar-refractivity contribution in [3.63, 3.8) is 0 Å². The standard InChI is InChI=1S/C8H10F2N2/c9-6-1-2-8(12-5-6)7(10)3-4-11/h1-2,5,7H,3-4,11H2. The van der Waals surface area contributed by atoms with E-state index < -0.39 is 12.0 Å². The molecule has 0 amide bonds. The van der Waals surface area contributed by atoms with E-state index in [1.807, 2.05) is 0 Å². The first-order valence-electron chi connectivity index (χ1n) is 3.69. The van der Waals surface area contributed by atoms with Gasteiger partial charge in [0.05, 0.1) is 11.9 Å². The van der Waals surface area contributed by atoms with Crippen LogP contribution >= 0.6 is 0 Å². The Morgan fingerprint density at radius 1 is 1.50 bits per heavy atom. The van der Waals surface area contributed by atoms with E-state index in [4.69, 9.17) is 5.73 Å². The number of hydrogen-bond donors (Lipinski definition) is 1. The van der Waals surface area contributed by atoms with Crippen LogP contribution in [0.1, 0.15) is 18.3 Å². The molecule has 0 radical (unpaired) electrons. The predicted octanol–water partition coefficient (Wildman–Crippen LogP) is 1.58. The lowest BCUT2D eigenvalue weighted by molar-refractivity contribution is 0.319. The molecule has 66 valence electrons. The number of hydrogen-bond acceptors (Lipinski definition) is 2. The quantitative estimate of drug-likeness (QED) is 0.751. The second-order valence-electron chi connectivity index (χ2n) is 2.45. The first-order chi connectivity index (χ1) is 5.74. The molecule has 1 aromatic heterocycles. The van der Waals surface area contributed by atoms with Crippen LogP contribution in [0.15, 0.2) is 18.3 Å². The summed E-state index contributed by atoms with van der Waals surface area (Å²) in [6, 6.07) is 2.51. The van der Waals surface area contributed by atoms with Crippen molar-refractivity contribution in [2.75, 3.05) is 6.54 Å². The summed E-state index contributed by atoms with van der Waals surface area (Å²) in [5.41, 5.74) is 5.39. The first-order valence-corrected chi connectivity index (χ1v) is 3.69. The van der Waals surface area contributed by atoms with Crippen LogP contribution in [0.3, 0.4) is 0 Å². The van der Waals surface area contributed by atoms with Crippen molar-refractivity contribution >= 4 is 0 Å². The molecule has 0 aliphatic rings. The molecular weight excluding hydrogens is 162 g/mol. The zero-order valence-corrected chi connectivity index (χ0v) is 6.50. The van der Waals surface area contributed by atoms with E-state index in [0.717, 1.165) is 6.20 Å². The fourth-order valence-corrected chi connectivity index (χ4v) is 0.867. The summed E-state index contributed by atoms with van der Waals surface area (Å²) in [7, 11) is 0. The van der Waals surface area contributed by atoms with Gasteiger partial charge in [-0.15, -0.1) is 0 Å². The summed E-state index contributed by atoms with van der Waals surface area (Å²) < 4.78 is 25.3. The summed E-state index contributed by atoms with van der Waals surface area (Å²) in [6.45, 7) is 0.264. The van der Waals surface area contributed by atoms with E-state index in [-0.39, 0.29) is 18.7 Å². The Morgan fingerprint density at radius 2 is 2.25 bits per heavy atom. The van der Waals surface area contributed by atoms with E-state index in [9.17, 15) is 8.78 Å². The van der Waals surface area contributed by atoms with Crippen molar-refractivity contribution in [2.45, 2.75) is 12.6 Å². The zero-order chi connectivity index (χ0) is 8.97. The van der Waals surface area contributed by atoms with E-state index in [2.05, 4.69) is 4.98 Å². The lowest BCUT2D eigenvalue weighted by Crippen LogP contribution is -2.04. The molecule has 0 fully saturated rings. The minimum atomic E-state index is -1.18. The minimum absolute atomic E-state index is 0.221. The highest BCUT2D eigenvalue weighted by Crippen LogP contribution is 2.17. The van der Waals surface area contributed by atoms with E-state index in [1.54, 1.807) is 0 Å². The second-order valence-corrected chi connectivity index (χ2v) is 2.45. The van der Waals surface area contributed by atoms with E-state index in [1.165, 1.54) is 12.1 Å². The molecule has 2 N–H and O–H groups in total. The monoisotopic (exact) mass is 172 g/mol. The van der Waals surface area contributed by atoms with Gasteiger partial charge in [-0.1, -0.05) is 0 Å². The molecule has 1 atom stereocenters. The summed E-state index contributed by atoms with van der Waals surface area (Å²) in [6.07, 6.45) is 0.0347. The second kappa shape index (κ2) is 4.11. The minimum Gasteiger partial charge on any atom is -0.330 e. The van der Waals surface area contributed by atoms with Crippen LogP contribution in [-0.2, 0) is 0 Å². The number of nitrogens with two attached hydrogens (primary N) is 1. The highest BCUT2D eigenvalue weighted by atomic mass is 19.1. The van der Waals surface area contributed by atoms with Gasteiger partial charge in [-0.2, -0.15) is 0 Å². The molecule has 1 heterocycles. The van der Waals surface area contributed by atoms with Crippen LogP contribution in [0.25, 0.3) is 0 Å². The van der Waals surface area contributed by atoms with Crippen molar-refractivity contribution in [3.8, 4) is 0 Å². The number of rotatable bonds is 3. The van der Waals surface area contributed by atoms with Crippen LogP contribution in [0.4, 0.5) is 8.78 Å². The topological polar surface area (TPSA) is 38.9 Å². The summed E-state index contributed by atoms with van der Waals surface area (Å²) in [5.74, 6) is -0.460. The third-order valence-electron chi connectivity index (χ3n) is 1.49. The third-order valence-corrected chi connectivity index (χ3v) is 1.49. The highest BCUT2D eigenvalue weighted by Gasteiger charge is 2.09. The molecular formula is C8H10F2N2. The first kappa shape index (κ1) is 9.06. The molecule has 1 unspecified atom stereocenters. The number of alkyl halides is 1. The molecule has 1 rings (SSSR count). The Bertz CT molecular complexity index is 235. The molecule has 1 aromatic rings. The summed E-state index contributed by atoms with van der Waals surface area (Å²) >= 11 is 0. The van der Waals surface area contributed by atoms with E-state index in [0.29, 0.717) is 0 Å². The van der Waals surface area contributed by atoms with E-state index >= 15 is 0 Å². The van der Waals surface area contributed by atoms with Gasteiger partial charge in [0.2, 0.25) is 0 Å². The number of pyridine rings is 1. The largest absolute Gasteiger partial charge is 0.330 e. The van der Waals surface area contributed by atoms with Crippen molar-refractivity contribution in [1.29, 1.82) is 0 Å². The number of aromatic nitrogens is 1. The van der Waals surface area contributed by atoms with Gasteiger partial charge in [-0.25, -0.2) is 8.78 Å². The molecule has 4 heteroatoms. The molecule has 0 aromatic carbocycles. The van der Waals surface area contributed by atoms with Crippen LogP contribution in [0.2, 0.25) is 0 Å². The van der Waals surface area contributed by atoms with Gasteiger partial charge in [0.1, 0.15) is 12.0 Å². The predicted molar refractivity (Wildman–Crippen MR) is 41.7 cm³/mol. The Hall–Kier alpha value is -1.03. The maximum atomic E-state index is 13.0. The average molecular weight is 172 g/mol. The molecule has 0 bridgehead atoms. The maximum Gasteiger partial charge on any atom is 0.143 e. The fourth-order valence-electron chi connectivity index (χ4n) is 0.867. The maximum absolute atomic E-state index is 13.0. The number of nitrogens with zero attached hydrogens (tertiary/aromatic N) is 1. The number of halogens is 2. The Kier molecular flexibility index (Phi) is 3.10. The van der Waals surface area contributed by atoms with Crippen molar-refractivity contribution in [3.05, 3.63) is 29.8 Å². The van der Waals surface area contributed by atoms with Gasteiger partial charge in [0, 0.05) is 0 Å². The lowest BCUT2D eigenvalue weighted by atomic mass is 10.2.